The highest BCUT2D eigenvalue weighted by atomic mass is 35.5. The summed E-state index contributed by atoms with van der Waals surface area (Å²) in [6.45, 7) is 0.176. The molecule has 0 N–H and O–H groups in total. The maximum absolute atomic E-state index is 11.7. The highest BCUT2D eigenvalue weighted by molar-refractivity contribution is 6.30. The van der Waals surface area contributed by atoms with Crippen LogP contribution in [-0.2, 0) is 6.54 Å². The maximum Gasteiger partial charge on any atom is 0.442 e. The second-order valence-corrected chi connectivity index (χ2v) is 4.85. The van der Waals surface area contributed by atoms with E-state index in [1.165, 1.54) is 4.57 Å². The summed E-state index contributed by atoms with van der Waals surface area (Å²) in [7, 11) is 0. The van der Waals surface area contributed by atoms with Gasteiger partial charge in [0, 0.05) is 28.5 Å². The Balaban J connectivity index is 1.86. The molecule has 0 bridgehead atoms. The molecule has 3 rings (SSSR count). The van der Waals surface area contributed by atoms with Crippen LogP contribution in [0.25, 0.3) is 11.4 Å². The van der Waals surface area contributed by atoms with Gasteiger partial charge in [-0.3, -0.25) is 9.51 Å². The van der Waals surface area contributed by atoms with Crippen LogP contribution in [0.2, 0.25) is 5.02 Å². The molecule has 2 aromatic heterocycles. The average molecular weight is 312 g/mol. The van der Waals surface area contributed by atoms with Crippen LogP contribution >= 0.6 is 11.6 Å². The van der Waals surface area contributed by atoms with Crippen molar-refractivity contribution in [2.45, 2.75) is 6.54 Å². The summed E-state index contributed by atoms with van der Waals surface area (Å²) in [5.74, 6) is 5.74. The van der Waals surface area contributed by atoms with Crippen molar-refractivity contribution >= 4 is 11.6 Å². The number of aromatic nitrogens is 3. The van der Waals surface area contributed by atoms with E-state index in [0.717, 1.165) is 5.56 Å². The van der Waals surface area contributed by atoms with Gasteiger partial charge in [-0.1, -0.05) is 28.6 Å². The Kier molecular flexibility index (Phi) is 4.03. The molecule has 0 amide bonds. The molecule has 1 aromatic carbocycles. The molecule has 108 valence electrons. The molecule has 6 heteroatoms. The van der Waals surface area contributed by atoms with E-state index in [9.17, 15) is 4.79 Å². The van der Waals surface area contributed by atoms with Gasteiger partial charge in [0.2, 0.25) is 0 Å². The third-order valence-corrected chi connectivity index (χ3v) is 3.17. The van der Waals surface area contributed by atoms with Crippen LogP contribution in [0.15, 0.2) is 58.1 Å². The van der Waals surface area contributed by atoms with Gasteiger partial charge in [0.25, 0.3) is 0 Å². The zero-order valence-corrected chi connectivity index (χ0v) is 12.1. The molecule has 2 heterocycles. The Morgan fingerprint density at radius 1 is 1.23 bits per heavy atom. The third kappa shape index (κ3) is 3.08. The number of rotatable bonds is 2. The van der Waals surface area contributed by atoms with Gasteiger partial charge < -0.3 is 0 Å². The zero-order chi connectivity index (χ0) is 15.4. The van der Waals surface area contributed by atoms with Crippen LogP contribution in [0.4, 0.5) is 0 Å². The molecule has 0 aliphatic carbocycles. The molecule has 0 saturated carbocycles. The number of hydrogen-bond acceptors (Lipinski definition) is 4. The molecule has 0 aliphatic heterocycles. The van der Waals surface area contributed by atoms with E-state index in [-0.39, 0.29) is 6.54 Å². The molecule has 22 heavy (non-hydrogen) atoms. The van der Waals surface area contributed by atoms with Crippen LogP contribution in [-0.4, -0.2) is 14.7 Å². The topological polar surface area (TPSA) is 60.9 Å². The smallest absolute Gasteiger partial charge is 0.295 e. The summed E-state index contributed by atoms with van der Waals surface area (Å²) >= 11 is 5.82. The molecule has 0 fully saturated rings. The first kappa shape index (κ1) is 14.1. The quantitative estimate of drug-likeness (QED) is 0.683. The molecule has 5 nitrogen and oxygen atoms in total. The fourth-order valence-electron chi connectivity index (χ4n) is 1.86. The van der Waals surface area contributed by atoms with Crippen molar-refractivity contribution in [1.82, 2.24) is 14.7 Å². The van der Waals surface area contributed by atoms with Crippen LogP contribution in [0.5, 0.6) is 0 Å². The first-order valence-corrected chi connectivity index (χ1v) is 6.83. The summed E-state index contributed by atoms with van der Waals surface area (Å²) in [5.41, 5.74) is 1.51. The van der Waals surface area contributed by atoms with E-state index >= 15 is 0 Å². The maximum atomic E-state index is 11.7. The van der Waals surface area contributed by atoms with Crippen molar-refractivity contribution in [2.24, 2.45) is 0 Å². The minimum atomic E-state index is -0.552. The Labute approximate surface area is 131 Å². The fourth-order valence-corrected chi connectivity index (χ4v) is 1.99. The van der Waals surface area contributed by atoms with Gasteiger partial charge in [-0.15, -0.1) is 0 Å². The molecule has 0 spiro atoms. The minimum absolute atomic E-state index is 0.176. The normalized spacial score (nSPS) is 10.0. The number of hydrogen-bond donors (Lipinski definition) is 0. The predicted molar refractivity (Wildman–Crippen MR) is 82.3 cm³/mol. The van der Waals surface area contributed by atoms with Gasteiger partial charge >= 0.3 is 5.76 Å². The molecule has 0 saturated heterocycles. The lowest BCUT2D eigenvalue weighted by Crippen LogP contribution is -2.14. The van der Waals surface area contributed by atoms with Crippen LogP contribution in [0.3, 0.4) is 0 Å². The summed E-state index contributed by atoms with van der Waals surface area (Å²) in [4.78, 5) is 15.7. The lowest BCUT2D eigenvalue weighted by Gasteiger charge is -1.99. The van der Waals surface area contributed by atoms with Crippen molar-refractivity contribution in [2.75, 3.05) is 0 Å². The fraction of sp³-hybridized carbons (Fsp3) is 0.0625. The van der Waals surface area contributed by atoms with Crippen molar-refractivity contribution in [3.8, 4) is 23.2 Å². The lowest BCUT2D eigenvalue weighted by atomic mass is 10.2. The van der Waals surface area contributed by atoms with Crippen molar-refractivity contribution in [3.05, 3.63) is 69.9 Å². The zero-order valence-electron chi connectivity index (χ0n) is 11.4. The molecule has 0 radical (unpaired) electrons. The lowest BCUT2D eigenvalue weighted by molar-refractivity contribution is 0.379. The van der Waals surface area contributed by atoms with E-state index in [1.807, 2.05) is 12.1 Å². The van der Waals surface area contributed by atoms with E-state index in [2.05, 4.69) is 22.0 Å². The van der Waals surface area contributed by atoms with E-state index in [0.29, 0.717) is 16.4 Å². The SMILES string of the molecule is O=c1onc(-c2cccnc2)n1CC#Cc1ccc(Cl)cc1. The molecular formula is C16H10ClN3O2. The second-order valence-electron chi connectivity index (χ2n) is 4.41. The molecule has 0 atom stereocenters. The van der Waals surface area contributed by atoms with Crippen molar-refractivity contribution in [1.29, 1.82) is 0 Å². The standard InChI is InChI=1S/C16H10ClN3O2/c17-14-7-5-12(6-8-14)3-2-10-20-15(19-22-16(20)21)13-4-1-9-18-11-13/h1,4-9,11H,10H2. The Hall–Kier alpha value is -2.84. The van der Waals surface area contributed by atoms with E-state index < -0.39 is 5.76 Å². The average Bonchev–Trinajstić information content (AvgIpc) is 2.91. The highest BCUT2D eigenvalue weighted by Gasteiger charge is 2.11. The van der Waals surface area contributed by atoms with Crippen LogP contribution in [0, 0.1) is 11.8 Å². The highest BCUT2D eigenvalue weighted by Crippen LogP contribution is 2.13. The minimum Gasteiger partial charge on any atom is -0.295 e. The monoisotopic (exact) mass is 311 g/mol. The molecule has 0 unspecified atom stereocenters. The third-order valence-electron chi connectivity index (χ3n) is 2.92. The predicted octanol–water partition coefficient (Wildman–Crippen LogP) is 2.60. The van der Waals surface area contributed by atoms with Gasteiger partial charge in [0.1, 0.15) is 0 Å². The second kappa shape index (κ2) is 6.29. The van der Waals surface area contributed by atoms with Gasteiger partial charge in [-0.25, -0.2) is 9.36 Å². The molecule has 0 aliphatic rings. The number of benzene rings is 1. The Morgan fingerprint density at radius 3 is 2.77 bits per heavy atom. The van der Waals surface area contributed by atoms with Gasteiger partial charge in [0.05, 0.1) is 6.54 Å². The summed E-state index contributed by atoms with van der Waals surface area (Å²) < 4.78 is 6.07. The van der Waals surface area contributed by atoms with Crippen LogP contribution < -0.4 is 5.76 Å². The largest absolute Gasteiger partial charge is 0.442 e. The van der Waals surface area contributed by atoms with Gasteiger partial charge in [-0.2, -0.15) is 0 Å². The number of nitrogens with zero attached hydrogens (tertiary/aromatic N) is 3. The first-order chi connectivity index (χ1) is 10.7. The van der Waals surface area contributed by atoms with Crippen LogP contribution in [0.1, 0.15) is 5.56 Å². The number of halogens is 1. The van der Waals surface area contributed by atoms with Crippen molar-refractivity contribution in [3.63, 3.8) is 0 Å². The Morgan fingerprint density at radius 2 is 2.05 bits per heavy atom. The summed E-state index contributed by atoms with van der Waals surface area (Å²) in [6, 6.07) is 10.7. The number of pyridine rings is 1. The first-order valence-electron chi connectivity index (χ1n) is 6.45. The summed E-state index contributed by atoms with van der Waals surface area (Å²) in [5, 5.41) is 4.43. The van der Waals surface area contributed by atoms with Gasteiger partial charge in [0.15, 0.2) is 5.82 Å². The van der Waals surface area contributed by atoms with E-state index in [4.69, 9.17) is 16.1 Å². The van der Waals surface area contributed by atoms with Crippen molar-refractivity contribution < 1.29 is 4.52 Å². The molecular weight excluding hydrogens is 302 g/mol. The van der Waals surface area contributed by atoms with E-state index in [1.54, 1.807) is 36.7 Å². The Bertz CT molecular complexity index is 887. The van der Waals surface area contributed by atoms with Gasteiger partial charge in [-0.05, 0) is 36.4 Å². The molecule has 3 aromatic rings. The summed E-state index contributed by atoms with van der Waals surface area (Å²) in [6.07, 6.45) is 3.26.